The molecule has 1 atom stereocenters. The van der Waals surface area contributed by atoms with E-state index in [1.54, 1.807) is 30.3 Å². The quantitative estimate of drug-likeness (QED) is 0.426. The van der Waals surface area contributed by atoms with Crippen molar-refractivity contribution in [1.29, 1.82) is 0 Å². The van der Waals surface area contributed by atoms with Crippen LogP contribution in [0.15, 0.2) is 77.7 Å². The third kappa shape index (κ3) is 6.24. The van der Waals surface area contributed by atoms with E-state index in [1.165, 1.54) is 32.4 Å². The molecule has 35 heavy (non-hydrogen) atoms. The first-order valence-electron chi connectivity index (χ1n) is 11.1. The Labute approximate surface area is 206 Å². The van der Waals surface area contributed by atoms with Gasteiger partial charge in [-0.3, -0.25) is 9.10 Å². The van der Waals surface area contributed by atoms with Crippen molar-refractivity contribution in [2.75, 3.05) is 31.7 Å². The number of methoxy groups -OCH3 is 2. The molecule has 1 N–H and O–H groups in total. The Kier molecular flexibility index (Phi) is 8.59. The lowest BCUT2D eigenvalue weighted by Crippen LogP contribution is -2.41. The number of anilines is 1. The van der Waals surface area contributed by atoms with E-state index in [9.17, 15) is 13.2 Å². The van der Waals surface area contributed by atoms with Gasteiger partial charge in [-0.1, -0.05) is 30.3 Å². The second-order valence-electron chi connectivity index (χ2n) is 7.66. The van der Waals surface area contributed by atoms with Gasteiger partial charge in [0.1, 0.15) is 12.3 Å². The molecule has 0 saturated heterocycles. The van der Waals surface area contributed by atoms with Gasteiger partial charge in [0.15, 0.2) is 11.5 Å². The summed E-state index contributed by atoms with van der Waals surface area (Å²) >= 11 is 0. The van der Waals surface area contributed by atoms with Gasteiger partial charge in [-0.25, -0.2) is 8.42 Å². The topological polar surface area (TPSA) is 94.2 Å². The van der Waals surface area contributed by atoms with Crippen molar-refractivity contribution in [3.8, 4) is 17.2 Å². The minimum absolute atomic E-state index is 0.0714. The highest BCUT2D eigenvalue weighted by molar-refractivity contribution is 7.92. The molecular weight excluding hydrogens is 468 g/mol. The first-order chi connectivity index (χ1) is 16.8. The molecule has 0 saturated carbocycles. The zero-order valence-corrected chi connectivity index (χ0v) is 21.0. The van der Waals surface area contributed by atoms with Crippen LogP contribution in [0.4, 0.5) is 5.69 Å². The van der Waals surface area contributed by atoms with Crippen LogP contribution in [-0.2, 0) is 14.8 Å². The van der Waals surface area contributed by atoms with Crippen LogP contribution in [0, 0.1) is 0 Å². The molecule has 186 valence electrons. The van der Waals surface area contributed by atoms with Gasteiger partial charge in [0.25, 0.3) is 10.0 Å². The van der Waals surface area contributed by atoms with Gasteiger partial charge in [-0.05, 0) is 55.8 Å². The fourth-order valence-electron chi connectivity index (χ4n) is 3.54. The predicted octanol–water partition coefficient (Wildman–Crippen LogP) is 4.18. The smallest absolute Gasteiger partial charge is 0.264 e. The van der Waals surface area contributed by atoms with Crippen molar-refractivity contribution in [3.63, 3.8) is 0 Å². The molecule has 3 aromatic carbocycles. The van der Waals surface area contributed by atoms with Crippen LogP contribution >= 0.6 is 0 Å². The zero-order chi connectivity index (χ0) is 25.4. The Bertz CT molecular complexity index is 1230. The second kappa shape index (κ2) is 11.6. The second-order valence-corrected chi connectivity index (χ2v) is 9.52. The first kappa shape index (κ1) is 25.9. The third-order valence-corrected chi connectivity index (χ3v) is 7.13. The van der Waals surface area contributed by atoms with E-state index in [2.05, 4.69) is 5.32 Å². The summed E-state index contributed by atoms with van der Waals surface area (Å²) in [4.78, 5) is 13.1. The molecule has 0 bridgehead atoms. The minimum atomic E-state index is -4.05. The van der Waals surface area contributed by atoms with Gasteiger partial charge in [-0.15, -0.1) is 0 Å². The number of carbonyl (C=O) groups excluding carboxylic acids is 1. The molecule has 0 radical (unpaired) electrons. The number of sulfonamides is 1. The Morgan fingerprint density at radius 3 is 2.20 bits per heavy atom. The Hall–Kier alpha value is -3.72. The van der Waals surface area contributed by atoms with E-state index in [4.69, 9.17) is 14.2 Å². The standard InChI is InChI=1S/C26H30N2O6S/c1-5-34-22-14-11-20(12-15-22)19(2)27-26(29)18-28(35(30,31)23-9-7-6-8-10-23)21-13-16-24(32-3)25(17-21)33-4/h6-17,19H,5,18H2,1-4H3,(H,27,29)/t19-/m1/s1. The summed E-state index contributed by atoms with van der Waals surface area (Å²) in [5, 5.41) is 2.88. The van der Waals surface area contributed by atoms with E-state index in [1.807, 2.05) is 38.1 Å². The number of nitrogens with one attached hydrogen (secondary N) is 1. The molecule has 0 aliphatic rings. The number of amides is 1. The lowest BCUT2D eigenvalue weighted by atomic mass is 10.1. The molecular formula is C26H30N2O6S. The number of benzene rings is 3. The highest BCUT2D eigenvalue weighted by atomic mass is 32.2. The van der Waals surface area contributed by atoms with Gasteiger partial charge in [0.2, 0.25) is 5.91 Å². The van der Waals surface area contributed by atoms with E-state index >= 15 is 0 Å². The lowest BCUT2D eigenvalue weighted by Gasteiger charge is -2.26. The van der Waals surface area contributed by atoms with Gasteiger partial charge in [0.05, 0.1) is 37.5 Å². The highest BCUT2D eigenvalue weighted by Gasteiger charge is 2.28. The molecule has 0 heterocycles. The predicted molar refractivity (Wildman–Crippen MR) is 135 cm³/mol. The monoisotopic (exact) mass is 498 g/mol. The van der Waals surface area contributed by atoms with Crippen LogP contribution in [0.2, 0.25) is 0 Å². The Morgan fingerprint density at radius 1 is 0.943 bits per heavy atom. The zero-order valence-electron chi connectivity index (χ0n) is 20.2. The van der Waals surface area contributed by atoms with E-state index in [0.717, 1.165) is 15.6 Å². The average molecular weight is 499 g/mol. The van der Waals surface area contributed by atoms with Gasteiger partial charge in [-0.2, -0.15) is 0 Å². The summed E-state index contributed by atoms with van der Waals surface area (Å²) in [6, 6.07) is 19.7. The van der Waals surface area contributed by atoms with Crippen molar-refractivity contribution in [3.05, 3.63) is 78.4 Å². The SMILES string of the molecule is CCOc1ccc([C@@H](C)NC(=O)CN(c2ccc(OC)c(OC)c2)S(=O)(=O)c2ccccc2)cc1. The molecule has 9 heteroatoms. The molecule has 8 nitrogen and oxygen atoms in total. The Balaban J connectivity index is 1.89. The number of hydrogen-bond acceptors (Lipinski definition) is 6. The molecule has 0 aliphatic carbocycles. The van der Waals surface area contributed by atoms with E-state index in [-0.39, 0.29) is 16.6 Å². The summed E-state index contributed by atoms with van der Waals surface area (Å²) in [6.45, 7) is 3.88. The Morgan fingerprint density at radius 2 is 1.60 bits per heavy atom. The maximum absolute atomic E-state index is 13.5. The molecule has 0 unspecified atom stereocenters. The van der Waals surface area contributed by atoms with Crippen molar-refractivity contribution in [2.24, 2.45) is 0 Å². The van der Waals surface area contributed by atoms with Crippen LogP contribution in [0.1, 0.15) is 25.5 Å². The van der Waals surface area contributed by atoms with Gasteiger partial charge < -0.3 is 19.5 Å². The number of carbonyl (C=O) groups is 1. The highest BCUT2D eigenvalue weighted by Crippen LogP contribution is 2.33. The van der Waals surface area contributed by atoms with Gasteiger partial charge >= 0.3 is 0 Å². The fourth-order valence-corrected chi connectivity index (χ4v) is 4.97. The van der Waals surface area contributed by atoms with Crippen molar-refractivity contribution >= 4 is 21.6 Å². The normalized spacial score (nSPS) is 11.9. The average Bonchev–Trinajstić information content (AvgIpc) is 2.88. The minimum Gasteiger partial charge on any atom is -0.494 e. The van der Waals surface area contributed by atoms with Crippen LogP contribution < -0.4 is 23.8 Å². The summed E-state index contributed by atoms with van der Waals surface area (Å²) in [6.07, 6.45) is 0. The van der Waals surface area contributed by atoms with Crippen LogP contribution in [0.5, 0.6) is 17.2 Å². The molecule has 0 spiro atoms. The number of hydrogen-bond donors (Lipinski definition) is 1. The number of rotatable bonds is 11. The molecule has 3 aromatic rings. The maximum atomic E-state index is 13.5. The third-order valence-electron chi connectivity index (χ3n) is 5.34. The summed E-state index contributed by atoms with van der Waals surface area (Å²) < 4.78 is 44.2. The molecule has 3 rings (SSSR count). The molecule has 0 aromatic heterocycles. The van der Waals surface area contributed by atoms with Crippen LogP contribution in [-0.4, -0.2) is 41.7 Å². The first-order valence-corrected chi connectivity index (χ1v) is 12.6. The molecule has 1 amide bonds. The fraction of sp³-hybridized carbons (Fsp3) is 0.269. The summed E-state index contributed by atoms with van der Waals surface area (Å²) in [7, 11) is -1.09. The number of ether oxygens (including phenoxy) is 3. The lowest BCUT2D eigenvalue weighted by molar-refractivity contribution is -0.120. The summed E-state index contributed by atoms with van der Waals surface area (Å²) in [5.74, 6) is 1.08. The van der Waals surface area contributed by atoms with Crippen molar-refractivity contribution < 1.29 is 27.4 Å². The van der Waals surface area contributed by atoms with Gasteiger partial charge in [0, 0.05) is 6.07 Å². The van der Waals surface area contributed by atoms with Crippen LogP contribution in [0.25, 0.3) is 0 Å². The number of nitrogens with zero attached hydrogens (tertiary/aromatic N) is 1. The maximum Gasteiger partial charge on any atom is 0.264 e. The van der Waals surface area contributed by atoms with Crippen molar-refractivity contribution in [1.82, 2.24) is 5.32 Å². The summed E-state index contributed by atoms with van der Waals surface area (Å²) in [5.41, 5.74) is 1.14. The van der Waals surface area contributed by atoms with Crippen LogP contribution in [0.3, 0.4) is 0 Å². The molecule has 0 aliphatic heterocycles. The largest absolute Gasteiger partial charge is 0.494 e. The van der Waals surface area contributed by atoms with Crippen molar-refractivity contribution in [2.45, 2.75) is 24.8 Å². The van der Waals surface area contributed by atoms with E-state index < -0.39 is 22.5 Å². The van der Waals surface area contributed by atoms with E-state index in [0.29, 0.717) is 18.1 Å². The molecule has 0 fully saturated rings.